The number of nitrogens with zero attached hydrogens (tertiary/aromatic N) is 2. The van der Waals surface area contributed by atoms with Gasteiger partial charge in [-0.2, -0.15) is 13.2 Å². The monoisotopic (exact) mass is 693 g/mol. The lowest BCUT2D eigenvalue weighted by molar-refractivity contribution is -0.385. The zero-order valence-electron chi connectivity index (χ0n) is 25.1. The smallest absolute Gasteiger partial charge is 0.416 e. The lowest BCUT2D eigenvalue weighted by atomic mass is 9.68. The average molecular weight is 694 g/mol. The number of aromatic amines is 1. The van der Waals surface area contributed by atoms with Gasteiger partial charge < -0.3 is 9.72 Å². The number of benzene rings is 3. The molecule has 0 unspecified atom stereocenters. The standard InChI is InChI=1S/C34H26F3N3O6S2/c1-15-4-2-5-16(10-15)14-46-23-9-8-19(40(44)45)12-20(23)24-25-21-13-22(28(25)47-30-29(24)48-33(43)38-30)27-26(21)31(41)39(32(27)42)18-7-3-6-17(11-18)34(35,36)37/h2-12,21-22,24-28H,13-14H2,1H3,(H,38,43)/t21-,22-,24+,25+,26+,27+,28-/m1/s1. The molecule has 1 N–H and O–H groups in total. The lowest BCUT2D eigenvalue weighted by Gasteiger charge is -2.43. The summed E-state index contributed by atoms with van der Waals surface area (Å²) in [5.74, 6) is -3.67. The van der Waals surface area contributed by atoms with E-state index in [0.29, 0.717) is 27.6 Å². The van der Waals surface area contributed by atoms with E-state index in [0.717, 1.165) is 39.5 Å². The Kier molecular flexibility index (Phi) is 7.11. The Morgan fingerprint density at radius 3 is 2.48 bits per heavy atom. The molecule has 4 aromatic rings. The van der Waals surface area contributed by atoms with Crippen LogP contribution in [0.2, 0.25) is 0 Å². The molecule has 9 nitrogen and oxygen atoms in total. The minimum atomic E-state index is -4.65. The number of alkyl halides is 3. The largest absolute Gasteiger partial charge is 0.489 e. The maximum Gasteiger partial charge on any atom is 0.416 e. The fourth-order valence-electron chi connectivity index (χ4n) is 8.43. The molecule has 3 aromatic carbocycles. The minimum Gasteiger partial charge on any atom is -0.489 e. The molecule has 2 bridgehead atoms. The summed E-state index contributed by atoms with van der Waals surface area (Å²) in [6.45, 7) is 2.15. The van der Waals surface area contributed by atoms with Crippen molar-refractivity contribution in [2.75, 3.05) is 4.90 Å². The third kappa shape index (κ3) is 4.79. The molecule has 8 rings (SSSR count). The average Bonchev–Trinajstić information content (AvgIpc) is 3.78. The Morgan fingerprint density at radius 1 is 1.00 bits per heavy atom. The van der Waals surface area contributed by atoms with Crippen molar-refractivity contribution in [3.63, 3.8) is 0 Å². The van der Waals surface area contributed by atoms with Gasteiger partial charge in [-0.05, 0) is 60.9 Å². The molecule has 2 amide bonds. The Bertz CT molecular complexity index is 2080. The first kappa shape index (κ1) is 30.9. The number of non-ortho nitro benzene ring substituents is 1. The van der Waals surface area contributed by atoms with Gasteiger partial charge in [-0.3, -0.25) is 29.4 Å². The van der Waals surface area contributed by atoms with E-state index in [1.807, 2.05) is 31.2 Å². The highest BCUT2D eigenvalue weighted by atomic mass is 32.2. The Morgan fingerprint density at radius 2 is 1.75 bits per heavy atom. The van der Waals surface area contributed by atoms with E-state index in [4.69, 9.17) is 4.74 Å². The number of hydrogen-bond acceptors (Lipinski definition) is 8. The molecular formula is C34H26F3N3O6S2. The summed E-state index contributed by atoms with van der Waals surface area (Å²) in [7, 11) is 0. The molecule has 0 spiro atoms. The van der Waals surface area contributed by atoms with Crippen LogP contribution in [0.5, 0.6) is 5.75 Å². The van der Waals surface area contributed by atoms with Crippen LogP contribution >= 0.6 is 23.1 Å². The number of fused-ring (bicyclic) bond motifs is 9. The SMILES string of the molecule is Cc1cccc(COc2ccc([N+](=O)[O-])cc2[C@@H]2c3sc(=O)[nH]c3S[C@@H]3[C@@H]4C[C@@H]([C@@H]5C(=O)N(c6cccc(C(F)(F)F)c6)C(=O)[C@@H]45)[C@@H]23)c1. The van der Waals surface area contributed by atoms with E-state index in [2.05, 4.69) is 4.98 Å². The number of nitro groups is 1. The van der Waals surface area contributed by atoms with Crippen molar-refractivity contribution in [1.82, 2.24) is 4.98 Å². The topological polar surface area (TPSA) is 123 Å². The lowest BCUT2D eigenvalue weighted by Crippen LogP contribution is -2.42. The normalized spacial score (nSPS) is 27.2. The number of thioether (sulfide) groups is 1. The van der Waals surface area contributed by atoms with E-state index >= 15 is 0 Å². The molecule has 7 atom stereocenters. The number of rotatable bonds is 6. The maximum atomic E-state index is 14.1. The number of hydrogen-bond donors (Lipinski definition) is 1. The first-order chi connectivity index (χ1) is 22.9. The number of anilines is 1. The molecular weight excluding hydrogens is 668 g/mol. The van der Waals surface area contributed by atoms with Gasteiger partial charge in [0.15, 0.2) is 0 Å². The number of thiazole rings is 1. The number of carbonyl (C=O) groups excluding carboxylic acids is 2. The summed E-state index contributed by atoms with van der Waals surface area (Å²) in [4.78, 5) is 56.4. The quantitative estimate of drug-likeness (QED) is 0.132. The molecule has 2 aliphatic carbocycles. The number of imide groups is 1. The summed E-state index contributed by atoms with van der Waals surface area (Å²) < 4.78 is 47.0. The van der Waals surface area contributed by atoms with Crippen molar-refractivity contribution in [1.29, 1.82) is 0 Å². The highest BCUT2D eigenvalue weighted by Crippen LogP contribution is 2.69. The van der Waals surface area contributed by atoms with Crippen molar-refractivity contribution >= 4 is 46.3 Å². The molecule has 3 heterocycles. The van der Waals surface area contributed by atoms with E-state index in [1.165, 1.54) is 36.0 Å². The van der Waals surface area contributed by atoms with Crippen LogP contribution in [0.25, 0.3) is 0 Å². The summed E-state index contributed by atoms with van der Waals surface area (Å²) >= 11 is 2.45. The predicted octanol–water partition coefficient (Wildman–Crippen LogP) is 6.93. The first-order valence-electron chi connectivity index (χ1n) is 15.3. The number of aromatic nitrogens is 1. The fraction of sp³-hybridized carbons (Fsp3) is 0.324. The van der Waals surface area contributed by atoms with Gasteiger partial charge in [0.25, 0.3) is 5.69 Å². The number of nitro benzene ring substituents is 1. The van der Waals surface area contributed by atoms with Gasteiger partial charge in [0, 0.05) is 33.7 Å². The Hall–Kier alpha value is -4.43. The molecule has 246 valence electrons. The number of halogens is 3. The van der Waals surface area contributed by atoms with Crippen molar-refractivity contribution in [2.45, 2.75) is 42.3 Å². The number of amides is 2. The van der Waals surface area contributed by atoms with Crippen LogP contribution in [-0.2, 0) is 22.4 Å². The molecule has 1 aromatic heterocycles. The number of H-pyrrole nitrogens is 1. The molecule has 48 heavy (non-hydrogen) atoms. The van der Waals surface area contributed by atoms with Gasteiger partial charge in [-0.25, -0.2) is 0 Å². The zero-order chi connectivity index (χ0) is 33.6. The molecule has 14 heteroatoms. The van der Waals surface area contributed by atoms with Gasteiger partial charge >= 0.3 is 11.0 Å². The summed E-state index contributed by atoms with van der Waals surface area (Å²) in [5, 5.41) is 12.4. The van der Waals surface area contributed by atoms with Gasteiger partial charge in [0.05, 0.1) is 33.0 Å². The van der Waals surface area contributed by atoms with Crippen LogP contribution in [0.3, 0.4) is 0 Å². The second kappa shape index (κ2) is 11.1. The van der Waals surface area contributed by atoms with Crippen LogP contribution < -0.4 is 14.5 Å². The number of aryl methyl sites for hydroxylation is 1. The number of nitrogens with one attached hydrogen (secondary N) is 1. The van der Waals surface area contributed by atoms with Crippen LogP contribution in [0.15, 0.2) is 76.6 Å². The van der Waals surface area contributed by atoms with Crippen molar-refractivity contribution < 1.29 is 32.4 Å². The number of carbonyl (C=O) groups is 2. The minimum absolute atomic E-state index is 0.116. The molecule has 2 saturated carbocycles. The van der Waals surface area contributed by atoms with E-state index in [9.17, 15) is 37.7 Å². The molecule has 3 fully saturated rings. The third-order valence-electron chi connectivity index (χ3n) is 10.2. The van der Waals surface area contributed by atoms with Crippen molar-refractivity contribution in [3.05, 3.63) is 114 Å². The molecule has 4 aliphatic rings. The van der Waals surface area contributed by atoms with Gasteiger partial charge in [-0.1, -0.05) is 47.2 Å². The second-order valence-electron chi connectivity index (χ2n) is 12.8. The first-order valence-corrected chi connectivity index (χ1v) is 17.0. The summed E-state index contributed by atoms with van der Waals surface area (Å²) in [6.07, 6.45) is -4.11. The van der Waals surface area contributed by atoms with Crippen LogP contribution in [0, 0.1) is 46.6 Å². The van der Waals surface area contributed by atoms with Gasteiger partial charge in [-0.15, -0.1) is 11.8 Å². The predicted molar refractivity (Wildman–Crippen MR) is 171 cm³/mol. The van der Waals surface area contributed by atoms with Gasteiger partial charge in [0.2, 0.25) is 11.8 Å². The van der Waals surface area contributed by atoms with Crippen LogP contribution in [-0.4, -0.2) is 27.0 Å². The van der Waals surface area contributed by atoms with E-state index < -0.39 is 46.2 Å². The molecule has 0 radical (unpaired) electrons. The van der Waals surface area contributed by atoms with Crippen LogP contribution in [0.4, 0.5) is 24.5 Å². The number of ether oxygens (including phenoxy) is 1. The zero-order valence-corrected chi connectivity index (χ0v) is 26.7. The van der Waals surface area contributed by atoms with E-state index in [1.54, 1.807) is 6.07 Å². The second-order valence-corrected chi connectivity index (χ2v) is 15.0. The van der Waals surface area contributed by atoms with Crippen molar-refractivity contribution in [3.8, 4) is 5.75 Å². The van der Waals surface area contributed by atoms with Crippen LogP contribution in [0.1, 0.15) is 39.5 Å². The highest BCUT2D eigenvalue weighted by molar-refractivity contribution is 8.00. The Labute approximate surface area is 279 Å². The molecule has 2 aliphatic heterocycles. The summed E-state index contributed by atoms with van der Waals surface area (Å²) in [5.41, 5.74) is 1.23. The molecule has 1 saturated heterocycles. The third-order valence-corrected chi connectivity index (χ3v) is 12.8. The highest BCUT2D eigenvalue weighted by Gasteiger charge is 2.70. The Balaban J connectivity index is 1.21. The van der Waals surface area contributed by atoms with Crippen molar-refractivity contribution in [2.24, 2.45) is 29.6 Å². The maximum absolute atomic E-state index is 14.1. The van der Waals surface area contributed by atoms with E-state index in [-0.39, 0.29) is 45.9 Å². The fourth-order valence-corrected chi connectivity index (χ4v) is 11.3. The summed E-state index contributed by atoms with van der Waals surface area (Å²) in [6, 6.07) is 16.4. The van der Waals surface area contributed by atoms with Gasteiger partial charge in [0.1, 0.15) is 12.4 Å².